The molecular formula is C23H30N4O3. The molecule has 1 aliphatic heterocycles. The zero-order chi connectivity index (χ0) is 21.3. The molecule has 1 aromatic rings. The number of methoxy groups -OCH3 is 1. The minimum absolute atomic E-state index is 0.00172. The van der Waals surface area contributed by atoms with E-state index in [0.29, 0.717) is 25.6 Å². The van der Waals surface area contributed by atoms with E-state index in [2.05, 4.69) is 40.8 Å². The number of imide groups is 1. The van der Waals surface area contributed by atoms with Gasteiger partial charge in [-0.25, -0.2) is 0 Å². The molecule has 2 amide bonds. The largest absolute Gasteiger partial charge is 0.496 e. The fourth-order valence-corrected chi connectivity index (χ4v) is 5.11. The van der Waals surface area contributed by atoms with Crippen molar-refractivity contribution in [2.75, 3.05) is 33.8 Å². The topological polar surface area (TPSA) is 83.0 Å². The van der Waals surface area contributed by atoms with Crippen molar-refractivity contribution in [2.24, 2.45) is 28.7 Å². The average Bonchev–Trinajstić information content (AvgIpc) is 3.42. The number of carbonyl (C=O) groups excluding carboxylic acids is 2. The third-order valence-electron chi connectivity index (χ3n) is 6.54. The van der Waals surface area contributed by atoms with Crippen LogP contribution in [0, 0.1) is 30.6 Å². The normalized spacial score (nSPS) is 27.0. The minimum Gasteiger partial charge on any atom is -0.496 e. The summed E-state index contributed by atoms with van der Waals surface area (Å²) in [6.45, 7) is 3.61. The summed E-state index contributed by atoms with van der Waals surface area (Å²) in [7, 11) is 3.39. The van der Waals surface area contributed by atoms with Crippen LogP contribution in [0.15, 0.2) is 35.3 Å². The van der Waals surface area contributed by atoms with Crippen LogP contribution in [-0.2, 0) is 16.0 Å². The molecule has 1 saturated carbocycles. The zero-order valence-corrected chi connectivity index (χ0v) is 17.9. The molecule has 4 atom stereocenters. The lowest BCUT2D eigenvalue weighted by molar-refractivity contribution is -0.140. The van der Waals surface area contributed by atoms with E-state index in [1.54, 1.807) is 14.2 Å². The Hall–Kier alpha value is -2.83. The predicted molar refractivity (Wildman–Crippen MR) is 115 cm³/mol. The van der Waals surface area contributed by atoms with E-state index in [9.17, 15) is 9.59 Å². The lowest BCUT2D eigenvalue weighted by Gasteiger charge is -2.19. The number of nitrogens with one attached hydrogen (secondary N) is 2. The number of fused-ring (bicyclic) bond motifs is 5. The van der Waals surface area contributed by atoms with E-state index in [-0.39, 0.29) is 35.5 Å². The van der Waals surface area contributed by atoms with Crippen LogP contribution < -0.4 is 15.4 Å². The lowest BCUT2D eigenvalue weighted by Crippen LogP contribution is -2.44. The van der Waals surface area contributed by atoms with Gasteiger partial charge in [0.2, 0.25) is 11.8 Å². The van der Waals surface area contributed by atoms with Gasteiger partial charge in [-0.1, -0.05) is 29.8 Å². The molecule has 4 rings (SSSR count). The highest BCUT2D eigenvalue weighted by Gasteiger charge is 2.58. The molecule has 160 valence electrons. The highest BCUT2D eigenvalue weighted by Crippen LogP contribution is 2.52. The molecule has 2 N–H and O–H groups in total. The molecule has 0 aromatic heterocycles. The number of aliphatic imine (C=N–C) groups is 1. The van der Waals surface area contributed by atoms with E-state index in [1.165, 1.54) is 10.5 Å². The maximum Gasteiger partial charge on any atom is 0.233 e. The van der Waals surface area contributed by atoms with Crippen molar-refractivity contribution < 1.29 is 14.3 Å². The molecule has 7 heteroatoms. The Kier molecular flexibility index (Phi) is 5.79. The van der Waals surface area contributed by atoms with Crippen LogP contribution in [0.3, 0.4) is 0 Å². The van der Waals surface area contributed by atoms with Crippen LogP contribution in [0.1, 0.15) is 17.5 Å². The highest BCUT2D eigenvalue weighted by molar-refractivity contribution is 6.06. The number of guanidine groups is 1. The zero-order valence-electron chi connectivity index (χ0n) is 17.9. The number of hydrogen-bond donors (Lipinski definition) is 2. The van der Waals surface area contributed by atoms with Gasteiger partial charge in [0.25, 0.3) is 0 Å². The molecule has 0 radical (unpaired) electrons. The average molecular weight is 411 g/mol. The van der Waals surface area contributed by atoms with Crippen LogP contribution in [0.25, 0.3) is 0 Å². The van der Waals surface area contributed by atoms with Gasteiger partial charge in [0.1, 0.15) is 5.75 Å². The number of hydrogen-bond acceptors (Lipinski definition) is 4. The molecular weight excluding hydrogens is 380 g/mol. The Morgan fingerprint density at radius 1 is 1.13 bits per heavy atom. The monoisotopic (exact) mass is 410 g/mol. The molecule has 2 fully saturated rings. The van der Waals surface area contributed by atoms with Gasteiger partial charge in [-0.05, 0) is 43.2 Å². The van der Waals surface area contributed by atoms with E-state index >= 15 is 0 Å². The third kappa shape index (κ3) is 3.68. The number of allylic oxidation sites excluding steroid dienone is 2. The number of benzene rings is 1. The fraction of sp³-hybridized carbons (Fsp3) is 0.522. The van der Waals surface area contributed by atoms with E-state index in [0.717, 1.165) is 24.2 Å². The fourth-order valence-electron chi connectivity index (χ4n) is 5.11. The summed E-state index contributed by atoms with van der Waals surface area (Å²) in [5, 5.41) is 6.50. The maximum atomic E-state index is 12.7. The van der Waals surface area contributed by atoms with Crippen molar-refractivity contribution in [1.29, 1.82) is 0 Å². The first-order valence-corrected chi connectivity index (χ1v) is 10.6. The van der Waals surface area contributed by atoms with Crippen molar-refractivity contribution in [3.8, 4) is 5.75 Å². The summed E-state index contributed by atoms with van der Waals surface area (Å²) in [6, 6.07) is 6.14. The molecule has 3 aliphatic rings. The summed E-state index contributed by atoms with van der Waals surface area (Å²) in [5.74, 6) is 1.78. The Labute approximate surface area is 177 Å². The second-order valence-corrected chi connectivity index (χ2v) is 8.32. The molecule has 1 saturated heterocycles. The summed E-state index contributed by atoms with van der Waals surface area (Å²) >= 11 is 0. The quantitative estimate of drug-likeness (QED) is 0.308. The minimum atomic E-state index is -0.130. The molecule has 2 bridgehead atoms. The van der Waals surface area contributed by atoms with Crippen molar-refractivity contribution >= 4 is 17.8 Å². The van der Waals surface area contributed by atoms with Crippen LogP contribution in [0.2, 0.25) is 0 Å². The lowest BCUT2D eigenvalue weighted by atomic mass is 9.85. The van der Waals surface area contributed by atoms with Gasteiger partial charge in [-0.15, -0.1) is 0 Å². The van der Waals surface area contributed by atoms with Crippen LogP contribution in [0.4, 0.5) is 0 Å². The Bertz CT molecular complexity index is 864. The standard InChI is InChI=1S/C23H30N4O3/c1-14-4-7-18(30-3)15(12-14)8-9-25-23(24-2)26-10-11-27-21(28)19-16-5-6-17(13-16)20(19)22(27)29/h4-7,12,16-17,19-20H,8-11,13H2,1-3H3,(H2,24,25,26). The Morgan fingerprint density at radius 2 is 1.80 bits per heavy atom. The Morgan fingerprint density at radius 3 is 2.43 bits per heavy atom. The van der Waals surface area contributed by atoms with E-state index < -0.39 is 0 Å². The Balaban J connectivity index is 1.24. The molecule has 0 spiro atoms. The third-order valence-corrected chi connectivity index (χ3v) is 6.54. The molecule has 1 aromatic carbocycles. The number of aryl methyl sites for hydroxylation is 1. The number of likely N-dealkylation sites (tertiary alicyclic amines) is 1. The van der Waals surface area contributed by atoms with E-state index in [4.69, 9.17) is 4.74 Å². The second-order valence-electron chi connectivity index (χ2n) is 8.32. The summed E-state index contributed by atoms with van der Waals surface area (Å²) in [4.78, 5) is 31.2. The van der Waals surface area contributed by atoms with Crippen molar-refractivity contribution in [3.05, 3.63) is 41.5 Å². The van der Waals surface area contributed by atoms with Gasteiger partial charge in [-0.2, -0.15) is 0 Å². The number of nitrogens with zero attached hydrogens (tertiary/aromatic N) is 2. The first-order valence-electron chi connectivity index (χ1n) is 10.6. The van der Waals surface area contributed by atoms with Crippen molar-refractivity contribution in [1.82, 2.24) is 15.5 Å². The summed E-state index contributed by atoms with van der Waals surface area (Å²) < 4.78 is 5.43. The van der Waals surface area contributed by atoms with Gasteiger partial charge < -0.3 is 15.4 Å². The van der Waals surface area contributed by atoms with Gasteiger partial charge in [0, 0.05) is 26.7 Å². The molecule has 30 heavy (non-hydrogen) atoms. The molecule has 4 unspecified atom stereocenters. The number of rotatable bonds is 7. The smallest absolute Gasteiger partial charge is 0.233 e. The van der Waals surface area contributed by atoms with E-state index in [1.807, 2.05) is 12.1 Å². The molecule has 7 nitrogen and oxygen atoms in total. The number of amides is 2. The predicted octanol–water partition coefficient (Wildman–Crippen LogP) is 1.52. The highest BCUT2D eigenvalue weighted by atomic mass is 16.5. The first kappa shape index (κ1) is 20.4. The summed E-state index contributed by atoms with van der Waals surface area (Å²) in [5.41, 5.74) is 2.34. The molecule has 2 aliphatic carbocycles. The van der Waals surface area contributed by atoms with Gasteiger partial charge in [-0.3, -0.25) is 19.5 Å². The maximum absolute atomic E-state index is 12.7. The second kappa shape index (κ2) is 8.50. The first-order chi connectivity index (χ1) is 14.5. The van der Waals surface area contributed by atoms with Crippen molar-refractivity contribution in [2.45, 2.75) is 19.8 Å². The van der Waals surface area contributed by atoms with Gasteiger partial charge in [0.15, 0.2) is 5.96 Å². The summed E-state index contributed by atoms with van der Waals surface area (Å²) in [6.07, 6.45) is 6.00. The number of carbonyl (C=O) groups is 2. The molecule has 1 heterocycles. The SMILES string of the molecule is CN=C(NCCc1cc(C)ccc1OC)NCCN1C(=O)C2C3C=CC(C3)C2C1=O. The van der Waals surface area contributed by atoms with Crippen molar-refractivity contribution in [3.63, 3.8) is 0 Å². The number of ether oxygens (including phenoxy) is 1. The van der Waals surface area contributed by atoms with Gasteiger partial charge >= 0.3 is 0 Å². The van der Waals surface area contributed by atoms with Crippen LogP contribution >= 0.6 is 0 Å². The van der Waals surface area contributed by atoms with Crippen LogP contribution in [-0.4, -0.2) is 56.5 Å². The van der Waals surface area contributed by atoms with Gasteiger partial charge in [0.05, 0.1) is 18.9 Å². The van der Waals surface area contributed by atoms with Crippen LogP contribution in [0.5, 0.6) is 5.75 Å².